The maximum absolute atomic E-state index is 14.8. The highest BCUT2D eigenvalue weighted by atomic mass is 35.5. The third-order valence-electron chi connectivity index (χ3n) is 6.59. The lowest BCUT2D eigenvalue weighted by Crippen LogP contribution is -2.44. The van der Waals surface area contributed by atoms with Gasteiger partial charge in [0, 0.05) is 32.5 Å². The second-order valence-corrected chi connectivity index (χ2v) is 10.6. The predicted molar refractivity (Wildman–Crippen MR) is 151 cm³/mol. The molecule has 4 aromatic rings. The molecule has 0 saturated carbocycles. The third-order valence-corrected chi connectivity index (χ3v) is 7.11. The SMILES string of the molecule is COc1nc(N(C)C)ncc1-c1nc2c(n1C(C)C)C(c1ccc(Cl)c(F)c1)N(c1cc(Cl)c[nH]c1=O)C(=O)C2. The summed E-state index contributed by atoms with van der Waals surface area (Å²) in [6.45, 7) is 3.92. The molecule has 10 nitrogen and oxygen atoms in total. The van der Waals surface area contributed by atoms with Gasteiger partial charge in [-0.1, -0.05) is 29.3 Å². The smallest absolute Gasteiger partial charge is 0.272 e. The third kappa shape index (κ3) is 4.69. The van der Waals surface area contributed by atoms with Gasteiger partial charge in [-0.15, -0.1) is 0 Å². The fraction of sp³-hybridized carbons (Fsp3) is 0.296. The summed E-state index contributed by atoms with van der Waals surface area (Å²) >= 11 is 12.2. The molecule has 1 amide bonds. The molecular formula is C27H26Cl2FN7O3. The summed E-state index contributed by atoms with van der Waals surface area (Å²) in [5, 5.41) is 0.161. The molecular weight excluding hydrogens is 560 g/mol. The van der Waals surface area contributed by atoms with Crippen LogP contribution in [0.15, 0.2) is 41.5 Å². The lowest BCUT2D eigenvalue weighted by atomic mass is 9.93. The van der Waals surface area contributed by atoms with E-state index in [2.05, 4.69) is 15.0 Å². The van der Waals surface area contributed by atoms with Crippen molar-refractivity contribution in [3.63, 3.8) is 0 Å². The zero-order valence-corrected chi connectivity index (χ0v) is 23.9. The summed E-state index contributed by atoms with van der Waals surface area (Å²) in [5.74, 6) is 0.141. The predicted octanol–water partition coefficient (Wildman–Crippen LogP) is 4.81. The summed E-state index contributed by atoms with van der Waals surface area (Å²) in [4.78, 5) is 46.2. The number of fused-ring (bicyclic) bond motifs is 1. The minimum atomic E-state index is -0.931. The number of imidazole rings is 1. The van der Waals surface area contributed by atoms with Crippen LogP contribution in [-0.4, -0.2) is 51.6 Å². The van der Waals surface area contributed by atoms with Crippen molar-refractivity contribution < 1.29 is 13.9 Å². The number of hydrogen-bond acceptors (Lipinski definition) is 7. The molecule has 3 aromatic heterocycles. The molecule has 0 bridgehead atoms. The van der Waals surface area contributed by atoms with Crippen LogP contribution in [0.2, 0.25) is 10.0 Å². The normalized spacial score (nSPS) is 15.0. The van der Waals surface area contributed by atoms with E-state index >= 15 is 0 Å². The number of H-pyrrole nitrogens is 1. The maximum atomic E-state index is 14.8. The molecule has 0 fully saturated rings. The highest BCUT2D eigenvalue weighted by molar-refractivity contribution is 6.31. The lowest BCUT2D eigenvalue weighted by molar-refractivity contribution is -0.118. The van der Waals surface area contributed by atoms with E-state index in [0.717, 1.165) is 0 Å². The molecule has 0 aliphatic carbocycles. The number of carbonyl (C=O) groups excluding carboxylic acids is 1. The number of amides is 1. The van der Waals surface area contributed by atoms with Gasteiger partial charge in [0.2, 0.25) is 17.7 Å². The highest BCUT2D eigenvalue weighted by Gasteiger charge is 2.41. The number of aromatic amines is 1. The van der Waals surface area contributed by atoms with Crippen LogP contribution in [0.5, 0.6) is 5.88 Å². The molecule has 1 unspecified atom stereocenters. The first-order valence-electron chi connectivity index (χ1n) is 12.4. The zero-order chi connectivity index (χ0) is 28.9. The van der Waals surface area contributed by atoms with E-state index in [-0.39, 0.29) is 28.2 Å². The Bertz CT molecular complexity index is 1690. The van der Waals surface area contributed by atoms with Crippen molar-refractivity contribution in [3.05, 3.63) is 79.8 Å². The molecule has 1 atom stereocenters. The minimum absolute atomic E-state index is 0.0258. The Morgan fingerprint density at radius 3 is 2.58 bits per heavy atom. The van der Waals surface area contributed by atoms with Crippen molar-refractivity contribution in [2.75, 3.05) is 31.0 Å². The Morgan fingerprint density at radius 2 is 1.93 bits per heavy atom. The summed E-state index contributed by atoms with van der Waals surface area (Å²) in [6.07, 6.45) is 2.84. The van der Waals surface area contributed by atoms with Crippen LogP contribution < -0.4 is 20.1 Å². The van der Waals surface area contributed by atoms with Crippen LogP contribution in [0.25, 0.3) is 11.4 Å². The van der Waals surface area contributed by atoms with E-state index in [1.807, 2.05) is 32.5 Å². The van der Waals surface area contributed by atoms with E-state index in [1.165, 1.54) is 36.4 Å². The zero-order valence-electron chi connectivity index (χ0n) is 22.4. The van der Waals surface area contributed by atoms with Gasteiger partial charge in [-0.25, -0.2) is 14.4 Å². The molecule has 13 heteroatoms. The van der Waals surface area contributed by atoms with Gasteiger partial charge in [0.15, 0.2) is 0 Å². The Labute approximate surface area is 239 Å². The Morgan fingerprint density at radius 1 is 1.18 bits per heavy atom. The first kappa shape index (κ1) is 27.6. The Balaban J connectivity index is 1.82. The molecule has 208 valence electrons. The number of rotatable bonds is 6. The number of ether oxygens (including phenoxy) is 1. The summed E-state index contributed by atoms with van der Waals surface area (Å²) < 4.78 is 22.4. The monoisotopic (exact) mass is 585 g/mol. The van der Waals surface area contributed by atoms with Crippen molar-refractivity contribution in [3.8, 4) is 17.3 Å². The number of hydrogen-bond donors (Lipinski definition) is 1. The van der Waals surface area contributed by atoms with Gasteiger partial charge < -0.3 is 19.2 Å². The Hall–Kier alpha value is -3.96. The fourth-order valence-electron chi connectivity index (χ4n) is 4.89. The summed E-state index contributed by atoms with van der Waals surface area (Å²) in [5.41, 5.74) is 1.49. The number of nitrogens with zero attached hydrogens (tertiary/aromatic N) is 6. The van der Waals surface area contributed by atoms with Crippen LogP contribution in [0.3, 0.4) is 0 Å². The lowest BCUT2D eigenvalue weighted by Gasteiger charge is -2.36. The first-order valence-corrected chi connectivity index (χ1v) is 13.1. The second kappa shape index (κ2) is 10.5. The quantitative estimate of drug-likeness (QED) is 0.346. The van der Waals surface area contributed by atoms with E-state index in [0.29, 0.717) is 40.2 Å². The molecule has 4 heterocycles. The molecule has 5 rings (SSSR count). The number of aromatic nitrogens is 5. The number of carbonyl (C=O) groups is 1. The average Bonchev–Trinajstić information content (AvgIpc) is 3.29. The van der Waals surface area contributed by atoms with Gasteiger partial charge in [0.1, 0.15) is 23.4 Å². The summed E-state index contributed by atoms with van der Waals surface area (Å²) in [6, 6.07) is 4.59. The number of anilines is 2. The number of halogens is 3. The topological polar surface area (TPSA) is 109 Å². The minimum Gasteiger partial charge on any atom is -0.480 e. The van der Waals surface area contributed by atoms with Crippen LogP contribution in [-0.2, 0) is 11.2 Å². The molecule has 1 aliphatic rings. The van der Waals surface area contributed by atoms with Crippen molar-refractivity contribution in [2.45, 2.75) is 32.4 Å². The van der Waals surface area contributed by atoms with Gasteiger partial charge in [-0.2, -0.15) is 4.98 Å². The first-order chi connectivity index (χ1) is 19.0. The van der Waals surface area contributed by atoms with Gasteiger partial charge in [-0.3, -0.25) is 14.5 Å². The highest BCUT2D eigenvalue weighted by Crippen LogP contribution is 2.43. The van der Waals surface area contributed by atoms with Crippen molar-refractivity contribution in [1.82, 2.24) is 24.5 Å². The van der Waals surface area contributed by atoms with Crippen LogP contribution in [0.1, 0.15) is 42.9 Å². The standard InChI is InChI=1S/C27H26Cl2FN7O3/c1-13(2)36-23-19(33-24(36)16-12-32-27(35(3)4)34-26(16)40-5)10-21(38)37(20-9-15(28)11-31-25(20)39)22(23)14-6-7-17(29)18(30)8-14/h6-9,11-13,22H,10H2,1-5H3,(H,31,39). The van der Waals surface area contributed by atoms with Gasteiger partial charge in [0.25, 0.3) is 5.56 Å². The molecule has 1 N–H and O–H groups in total. The van der Waals surface area contributed by atoms with E-state index in [4.69, 9.17) is 32.9 Å². The number of nitrogens with one attached hydrogen (secondary N) is 1. The van der Waals surface area contributed by atoms with Crippen molar-refractivity contribution >= 4 is 40.7 Å². The van der Waals surface area contributed by atoms with E-state index < -0.39 is 23.3 Å². The van der Waals surface area contributed by atoms with Crippen LogP contribution >= 0.6 is 23.2 Å². The molecule has 1 aromatic carbocycles. The number of methoxy groups -OCH3 is 1. The fourth-order valence-corrected chi connectivity index (χ4v) is 5.16. The number of benzene rings is 1. The van der Waals surface area contributed by atoms with Gasteiger partial charge in [0.05, 0.1) is 40.5 Å². The van der Waals surface area contributed by atoms with Gasteiger partial charge >= 0.3 is 0 Å². The molecule has 0 spiro atoms. The Kier molecular flexibility index (Phi) is 7.28. The van der Waals surface area contributed by atoms with Crippen LogP contribution in [0.4, 0.5) is 16.0 Å². The van der Waals surface area contributed by atoms with Gasteiger partial charge in [-0.05, 0) is 37.6 Å². The largest absolute Gasteiger partial charge is 0.480 e. The maximum Gasteiger partial charge on any atom is 0.272 e. The molecule has 0 radical (unpaired) electrons. The molecule has 40 heavy (non-hydrogen) atoms. The molecule has 1 aliphatic heterocycles. The van der Waals surface area contributed by atoms with E-state index in [9.17, 15) is 14.0 Å². The number of pyridine rings is 1. The average molecular weight is 586 g/mol. The van der Waals surface area contributed by atoms with Crippen LogP contribution in [0, 0.1) is 5.82 Å². The van der Waals surface area contributed by atoms with E-state index in [1.54, 1.807) is 17.2 Å². The summed E-state index contributed by atoms with van der Waals surface area (Å²) in [7, 11) is 5.13. The van der Waals surface area contributed by atoms with Crippen molar-refractivity contribution in [1.29, 1.82) is 0 Å². The molecule has 0 saturated heterocycles. The van der Waals surface area contributed by atoms with Crippen molar-refractivity contribution in [2.24, 2.45) is 0 Å². The second-order valence-electron chi connectivity index (χ2n) is 9.77.